The Morgan fingerprint density at radius 3 is 2.48 bits per heavy atom. The van der Waals surface area contributed by atoms with Gasteiger partial charge in [0, 0.05) is 12.3 Å². The number of rotatable bonds is 3. The van der Waals surface area contributed by atoms with E-state index in [4.69, 9.17) is 5.11 Å². The summed E-state index contributed by atoms with van der Waals surface area (Å²) in [6.45, 7) is 1.40. The summed E-state index contributed by atoms with van der Waals surface area (Å²) in [7, 11) is 0. The number of carboxylic acid groups (broad SMARTS) is 1. The molecule has 0 saturated heterocycles. The summed E-state index contributed by atoms with van der Waals surface area (Å²) in [4.78, 5) is 26.1. The lowest BCUT2D eigenvalue weighted by molar-refractivity contribution is 0.0696. The van der Waals surface area contributed by atoms with Gasteiger partial charge >= 0.3 is 5.97 Å². The number of aromatic carboxylic acids is 1. The third-order valence-corrected chi connectivity index (χ3v) is 2.74. The Morgan fingerprint density at radius 1 is 1.19 bits per heavy atom. The number of carbonyl (C=O) groups is 2. The van der Waals surface area contributed by atoms with E-state index in [9.17, 15) is 18.4 Å². The van der Waals surface area contributed by atoms with E-state index < -0.39 is 23.5 Å². The Balaban J connectivity index is 2.22. The molecule has 5 nitrogen and oxygen atoms in total. The molecule has 0 spiro atoms. The molecule has 7 heteroatoms. The topological polar surface area (TPSA) is 79.3 Å². The normalized spacial score (nSPS) is 10.2. The van der Waals surface area contributed by atoms with Crippen molar-refractivity contribution in [3.63, 3.8) is 0 Å². The fraction of sp³-hybridized carbons (Fsp3) is 0.0714. The number of amides is 1. The van der Waals surface area contributed by atoms with E-state index in [-0.39, 0.29) is 22.5 Å². The third kappa shape index (κ3) is 3.19. The van der Waals surface area contributed by atoms with Crippen molar-refractivity contribution in [2.24, 2.45) is 0 Å². The third-order valence-electron chi connectivity index (χ3n) is 2.74. The number of nitrogens with one attached hydrogen (secondary N) is 1. The highest BCUT2D eigenvalue weighted by Gasteiger charge is 2.13. The minimum atomic E-state index is -1.18. The molecule has 0 aliphatic carbocycles. The second-order valence-electron chi connectivity index (χ2n) is 4.27. The molecule has 1 aromatic carbocycles. The summed E-state index contributed by atoms with van der Waals surface area (Å²) in [6, 6.07) is 4.21. The number of aromatic nitrogens is 1. The predicted molar refractivity (Wildman–Crippen MR) is 70.2 cm³/mol. The molecule has 108 valence electrons. The van der Waals surface area contributed by atoms with Gasteiger partial charge in [-0.15, -0.1) is 0 Å². The van der Waals surface area contributed by atoms with Crippen molar-refractivity contribution in [3.05, 3.63) is 58.9 Å². The fourth-order valence-electron chi connectivity index (χ4n) is 1.58. The first-order valence-electron chi connectivity index (χ1n) is 5.85. The van der Waals surface area contributed by atoms with E-state index in [0.717, 1.165) is 18.3 Å². The van der Waals surface area contributed by atoms with Crippen LogP contribution < -0.4 is 5.32 Å². The van der Waals surface area contributed by atoms with Crippen molar-refractivity contribution in [2.45, 2.75) is 6.92 Å². The van der Waals surface area contributed by atoms with Gasteiger partial charge in [0.1, 0.15) is 17.3 Å². The summed E-state index contributed by atoms with van der Waals surface area (Å²) in [6.07, 6.45) is 1.00. The second kappa shape index (κ2) is 5.66. The summed E-state index contributed by atoms with van der Waals surface area (Å²) < 4.78 is 27.0. The molecule has 1 heterocycles. The molecule has 1 amide bonds. The standard InChI is InChI=1S/C14H10F2N2O3/c1-7-4-10(16)12(5-9(7)15)18-13(19)11-3-2-8(6-17-11)14(20)21/h2-6H,1H3,(H,18,19)(H,20,21). The molecule has 0 aliphatic heterocycles. The van der Waals surface area contributed by atoms with Gasteiger partial charge in [-0.2, -0.15) is 0 Å². The Kier molecular flexibility index (Phi) is 3.93. The SMILES string of the molecule is Cc1cc(F)c(NC(=O)c2ccc(C(=O)O)cn2)cc1F. The lowest BCUT2D eigenvalue weighted by Crippen LogP contribution is -2.15. The highest BCUT2D eigenvalue weighted by atomic mass is 19.1. The Hall–Kier alpha value is -2.83. The van der Waals surface area contributed by atoms with Crippen LogP contribution in [0.3, 0.4) is 0 Å². The van der Waals surface area contributed by atoms with Crippen molar-refractivity contribution in [1.82, 2.24) is 4.98 Å². The van der Waals surface area contributed by atoms with Crippen LogP contribution in [-0.2, 0) is 0 Å². The molecular formula is C14H10F2N2O3. The molecule has 2 aromatic rings. The van der Waals surface area contributed by atoms with Gasteiger partial charge in [-0.25, -0.2) is 13.6 Å². The van der Waals surface area contributed by atoms with Crippen LogP contribution in [0.2, 0.25) is 0 Å². The molecule has 0 fully saturated rings. The van der Waals surface area contributed by atoms with Crippen LogP contribution in [0.5, 0.6) is 0 Å². The summed E-state index contributed by atoms with van der Waals surface area (Å²) >= 11 is 0. The first-order chi connectivity index (χ1) is 9.88. The first-order valence-corrected chi connectivity index (χ1v) is 5.85. The van der Waals surface area contributed by atoms with Gasteiger partial charge in [0.2, 0.25) is 0 Å². The number of hydrogen-bond acceptors (Lipinski definition) is 3. The van der Waals surface area contributed by atoms with E-state index >= 15 is 0 Å². The summed E-state index contributed by atoms with van der Waals surface area (Å²) in [5, 5.41) is 10.9. The minimum Gasteiger partial charge on any atom is -0.478 e. The average Bonchev–Trinajstić information content (AvgIpc) is 2.44. The Bertz CT molecular complexity index is 715. The number of benzene rings is 1. The number of carboxylic acids is 1. The first kappa shape index (κ1) is 14.6. The Labute approximate surface area is 118 Å². The number of anilines is 1. The van der Waals surface area contributed by atoms with E-state index in [1.54, 1.807) is 0 Å². The fourth-order valence-corrected chi connectivity index (χ4v) is 1.58. The van der Waals surface area contributed by atoms with Crippen LogP contribution in [-0.4, -0.2) is 22.0 Å². The van der Waals surface area contributed by atoms with Gasteiger partial charge in [0.15, 0.2) is 0 Å². The predicted octanol–water partition coefficient (Wildman–Crippen LogP) is 2.62. The molecule has 0 unspecified atom stereocenters. The van der Waals surface area contributed by atoms with Crippen LogP contribution in [0.15, 0.2) is 30.5 Å². The van der Waals surface area contributed by atoms with Gasteiger partial charge in [0.25, 0.3) is 5.91 Å². The molecular weight excluding hydrogens is 282 g/mol. The molecule has 0 aliphatic rings. The van der Waals surface area contributed by atoms with Gasteiger partial charge < -0.3 is 10.4 Å². The molecule has 1 aromatic heterocycles. The molecule has 0 radical (unpaired) electrons. The Morgan fingerprint density at radius 2 is 1.90 bits per heavy atom. The zero-order valence-corrected chi connectivity index (χ0v) is 10.9. The molecule has 2 N–H and O–H groups in total. The average molecular weight is 292 g/mol. The van der Waals surface area contributed by atoms with Crippen LogP contribution >= 0.6 is 0 Å². The molecule has 21 heavy (non-hydrogen) atoms. The van der Waals surface area contributed by atoms with Crippen LogP contribution in [0, 0.1) is 18.6 Å². The lowest BCUT2D eigenvalue weighted by Gasteiger charge is -2.07. The zero-order valence-electron chi connectivity index (χ0n) is 10.9. The van der Waals surface area contributed by atoms with Crippen LogP contribution in [0.4, 0.5) is 14.5 Å². The highest BCUT2D eigenvalue weighted by Crippen LogP contribution is 2.19. The monoisotopic (exact) mass is 292 g/mol. The maximum absolute atomic E-state index is 13.6. The summed E-state index contributed by atoms with van der Waals surface area (Å²) in [5.41, 5.74) is -0.388. The van der Waals surface area contributed by atoms with E-state index in [1.807, 2.05) is 0 Å². The largest absolute Gasteiger partial charge is 0.478 e. The maximum Gasteiger partial charge on any atom is 0.337 e. The number of hydrogen-bond donors (Lipinski definition) is 2. The highest BCUT2D eigenvalue weighted by molar-refractivity contribution is 6.03. The van der Waals surface area contributed by atoms with Gasteiger partial charge in [-0.1, -0.05) is 0 Å². The number of pyridine rings is 1. The van der Waals surface area contributed by atoms with E-state index in [0.29, 0.717) is 0 Å². The van der Waals surface area contributed by atoms with Crippen molar-refractivity contribution in [3.8, 4) is 0 Å². The number of carbonyl (C=O) groups excluding carboxylic acids is 1. The van der Waals surface area contributed by atoms with Crippen LogP contribution in [0.1, 0.15) is 26.4 Å². The number of nitrogens with zero attached hydrogens (tertiary/aromatic N) is 1. The molecule has 0 atom stereocenters. The van der Waals surface area contributed by atoms with E-state index in [1.165, 1.54) is 19.1 Å². The zero-order chi connectivity index (χ0) is 15.6. The molecule has 2 rings (SSSR count). The summed E-state index contributed by atoms with van der Waals surface area (Å²) in [5.74, 6) is -3.37. The molecule has 0 saturated carbocycles. The van der Waals surface area contributed by atoms with Crippen molar-refractivity contribution < 1.29 is 23.5 Å². The molecule has 0 bridgehead atoms. The van der Waals surface area contributed by atoms with Gasteiger partial charge in [-0.05, 0) is 30.7 Å². The minimum absolute atomic E-state index is 0.0842. The van der Waals surface area contributed by atoms with Gasteiger partial charge in [-0.3, -0.25) is 9.78 Å². The van der Waals surface area contributed by atoms with Gasteiger partial charge in [0.05, 0.1) is 11.3 Å². The second-order valence-corrected chi connectivity index (χ2v) is 4.27. The quantitative estimate of drug-likeness (QED) is 0.911. The smallest absolute Gasteiger partial charge is 0.337 e. The van der Waals surface area contributed by atoms with Crippen molar-refractivity contribution in [2.75, 3.05) is 5.32 Å². The number of halogens is 2. The number of aryl methyl sites for hydroxylation is 1. The van der Waals surface area contributed by atoms with E-state index in [2.05, 4.69) is 10.3 Å². The van der Waals surface area contributed by atoms with Crippen molar-refractivity contribution in [1.29, 1.82) is 0 Å². The van der Waals surface area contributed by atoms with Crippen molar-refractivity contribution >= 4 is 17.6 Å². The lowest BCUT2D eigenvalue weighted by atomic mass is 10.2. The maximum atomic E-state index is 13.6. The van der Waals surface area contributed by atoms with Crippen LogP contribution in [0.25, 0.3) is 0 Å².